The maximum atomic E-state index is 12.6. The van der Waals surface area contributed by atoms with E-state index in [4.69, 9.17) is 11.6 Å². The van der Waals surface area contributed by atoms with Gasteiger partial charge in [-0.25, -0.2) is 13.1 Å². The first kappa shape index (κ1) is 17.9. The van der Waals surface area contributed by atoms with Crippen LogP contribution < -0.4 is 9.62 Å². The van der Waals surface area contributed by atoms with Gasteiger partial charge in [0.2, 0.25) is 15.9 Å². The second-order valence-corrected chi connectivity index (χ2v) is 8.13. The molecular formula is C18H19ClN2O3S. The fraction of sp³-hybridized carbons (Fsp3) is 0.278. The van der Waals surface area contributed by atoms with Gasteiger partial charge in [-0.1, -0.05) is 29.8 Å². The molecule has 7 heteroatoms. The molecule has 25 heavy (non-hydrogen) atoms. The molecule has 1 heterocycles. The summed E-state index contributed by atoms with van der Waals surface area (Å²) >= 11 is 6.13. The van der Waals surface area contributed by atoms with Gasteiger partial charge in [0.05, 0.1) is 4.90 Å². The lowest BCUT2D eigenvalue weighted by atomic mass is 10.1. The fourth-order valence-electron chi connectivity index (χ4n) is 2.92. The lowest BCUT2D eigenvalue weighted by molar-refractivity contribution is -0.117. The van der Waals surface area contributed by atoms with Crippen LogP contribution >= 0.6 is 11.6 Å². The molecule has 2 aromatic carbocycles. The van der Waals surface area contributed by atoms with Crippen molar-refractivity contribution in [3.05, 3.63) is 59.1 Å². The van der Waals surface area contributed by atoms with Crippen molar-refractivity contribution in [2.24, 2.45) is 0 Å². The van der Waals surface area contributed by atoms with E-state index in [1.54, 1.807) is 42.2 Å². The minimum Gasteiger partial charge on any atom is -0.312 e. The molecule has 1 N–H and O–H groups in total. The van der Waals surface area contributed by atoms with E-state index in [-0.39, 0.29) is 10.8 Å². The zero-order chi connectivity index (χ0) is 18.0. The molecule has 0 unspecified atom stereocenters. The topological polar surface area (TPSA) is 66.5 Å². The van der Waals surface area contributed by atoms with E-state index in [9.17, 15) is 13.2 Å². The minimum atomic E-state index is -3.69. The summed E-state index contributed by atoms with van der Waals surface area (Å²) in [6, 6.07) is 13.0. The minimum absolute atomic E-state index is 0.0704. The first-order chi connectivity index (χ1) is 11.9. The number of amides is 1. The Hall–Kier alpha value is -1.89. The van der Waals surface area contributed by atoms with Gasteiger partial charge < -0.3 is 4.90 Å². The zero-order valence-corrected chi connectivity index (χ0v) is 15.3. The molecule has 1 saturated heterocycles. The van der Waals surface area contributed by atoms with Crippen LogP contribution in [0.1, 0.15) is 31.4 Å². The SMILES string of the molecule is C[C@@H](NS(=O)(=O)c1ccc(N2CCCC2=O)cc1)c1ccccc1Cl. The lowest BCUT2D eigenvalue weighted by Gasteiger charge is -2.18. The van der Waals surface area contributed by atoms with Crippen LogP contribution in [0.4, 0.5) is 5.69 Å². The van der Waals surface area contributed by atoms with Crippen LogP contribution in [0, 0.1) is 0 Å². The molecule has 0 radical (unpaired) electrons. The van der Waals surface area contributed by atoms with E-state index in [1.807, 2.05) is 6.07 Å². The van der Waals surface area contributed by atoms with Crippen molar-refractivity contribution in [2.45, 2.75) is 30.7 Å². The second-order valence-electron chi connectivity index (χ2n) is 6.01. The average molecular weight is 379 g/mol. The molecule has 5 nitrogen and oxygen atoms in total. The molecule has 0 bridgehead atoms. The van der Waals surface area contributed by atoms with Gasteiger partial charge >= 0.3 is 0 Å². The summed E-state index contributed by atoms with van der Waals surface area (Å²) in [4.78, 5) is 13.6. The molecule has 1 fully saturated rings. The van der Waals surface area contributed by atoms with Gasteiger partial charge in [0.1, 0.15) is 0 Å². The van der Waals surface area contributed by atoms with Gasteiger partial charge in [0.15, 0.2) is 0 Å². The second kappa shape index (κ2) is 7.15. The number of nitrogens with zero attached hydrogens (tertiary/aromatic N) is 1. The highest BCUT2D eigenvalue weighted by Crippen LogP contribution is 2.26. The Balaban J connectivity index is 1.78. The Kier molecular flexibility index (Phi) is 5.13. The van der Waals surface area contributed by atoms with Gasteiger partial charge in [-0.3, -0.25) is 4.79 Å². The van der Waals surface area contributed by atoms with Crippen LogP contribution in [0.2, 0.25) is 5.02 Å². The third kappa shape index (κ3) is 3.86. The van der Waals surface area contributed by atoms with E-state index in [2.05, 4.69) is 4.72 Å². The summed E-state index contributed by atoms with van der Waals surface area (Å²) in [6.45, 7) is 2.42. The number of sulfonamides is 1. The van der Waals surface area contributed by atoms with E-state index >= 15 is 0 Å². The molecule has 0 saturated carbocycles. The highest BCUT2D eigenvalue weighted by Gasteiger charge is 2.23. The highest BCUT2D eigenvalue weighted by molar-refractivity contribution is 7.89. The molecule has 1 atom stereocenters. The summed E-state index contributed by atoms with van der Waals surface area (Å²) in [5.74, 6) is 0.0704. The number of rotatable bonds is 5. The fourth-order valence-corrected chi connectivity index (χ4v) is 4.44. The summed E-state index contributed by atoms with van der Waals surface area (Å²) in [5.41, 5.74) is 1.44. The molecule has 1 aliphatic heterocycles. The monoisotopic (exact) mass is 378 g/mol. The number of benzene rings is 2. The number of carbonyl (C=O) groups is 1. The number of carbonyl (C=O) groups excluding carboxylic acids is 1. The number of nitrogens with one attached hydrogen (secondary N) is 1. The Morgan fingerprint density at radius 2 is 1.80 bits per heavy atom. The molecule has 1 aliphatic rings. The molecule has 0 aromatic heterocycles. The van der Waals surface area contributed by atoms with Gasteiger partial charge in [-0.05, 0) is 49.2 Å². The van der Waals surface area contributed by atoms with Crippen molar-refractivity contribution in [2.75, 3.05) is 11.4 Å². The zero-order valence-electron chi connectivity index (χ0n) is 13.8. The van der Waals surface area contributed by atoms with Crippen LogP contribution in [0.25, 0.3) is 0 Å². The first-order valence-electron chi connectivity index (χ1n) is 8.06. The normalized spacial score (nSPS) is 16.2. The molecular weight excluding hydrogens is 360 g/mol. The summed E-state index contributed by atoms with van der Waals surface area (Å²) < 4.78 is 27.8. The van der Waals surface area contributed by atoms with Crippen LogP contribution in [0.5, 0.6) is 0 Å². The molecule has 3 rings (SSSR count). The maximum absolute atomic E-state index is 12.6. The van der Waals surface area contributed by atoms with E-state index in [0.29, 0.717) is 23.6 Å². The van der Waals surface area contributed by atoms with Gasteiger partial charge in [0.25, 0.3) is 0 Å². The van der Waals surface area contributed by atoms with Crippen LogP contribution in [0.15, 0.2) is 53.4 Å². The van der Waals surface area contributed by atoms with Crippen molar-refractivity contribution in [3.8, 4) is 0 Å². The summed E-state index contributed by atoms with van der Waals surface area (Å²) in [7, 11) is -3.69. The predicted molar refractivity (Wildman–Crippen MR) is 98.2 cm³/mol. The number of hydrogen-bond acceptors (Lipinski definition) is 3. The van der Waals surface area contributed by atoms with E-state index in [0.717, 1.165) is 12.1 Å². The van der Waals surface area contributed by atoms with Gasteiger partial charge in [-0.2, -0.15) is 0 Å². The molecule has 2 aromatic rings. The maximum Gasteiger partial charge on any atom is 0.241 e. The Morgan fingerprint density at radius 3 is 2.40 bits per heavy atom. The quantitative estimate of drug-likeness (QED) is 0.865. The average Bonchev–Trinajstić information content (AvgIpc) is 3.01. The standard InChI is InChI=1S/C18H19ClN2O3S/c1-13(16-5-2-3-6-17(16)19)20-25(23,24)15-10-8-14(9-11-15)21-12-4-7-18(21)22/h2-3,5-6,8-11,13,20H,4,7,12H2,1H3/t13-/m1/s1. The van der Waals surface area contributed by atoms with Gasteiger partial charge in [-0.15, -0.1) is 0 Å². The Morgan fingerprint density at radius 1 is 1.12 bits per heavy atom. The van der Waals surface area contributed by atoms with Crippen LogP contribution in [-0.4, -0.2) is 20.9 Å². The number of anilines is 1. The summed E-state index contributed by atoms with van der Waals surface area (Å²) in [6.07, 6.45) is 1.37. The van der Waals surface area contributed by atoms with Crippen molar-refractivity contribution < 1.29 is 13.2 Å². The highest BCUT2D eigenvalue weighted by atomic mass is 35.5. The molecule has 1 amide bonds. The first-order valence-corrected chi connectivity index (χ1v) is 9.92. The number of halogens is 1. The van der Waals surface area contributed by atoms with Gasteiger partial charge in [0, 0.05) is 29.7 Å². The van der Waals surface area contributed by atoms with E-state index < -0.39 is 16.1 Å². The lowest BCUT2D eigenvalue weighted by Crippen LogP contribution is -2.27. The summed E-state index contributed by atoms with van der Waals surface area (Å²) in [5, 5.41) is 0.514. The number of hydrogen-bond donors (Lipinski definition) is 1. The van der Waals surface area contributed by atoms with Crippen molar-refractivity contribution in [1.29, 1.82) is 0 Å². The third-order valence-corrected chi connectivity index (χ3v) is 6.14. The smallest absolute Gasteiger partial charge is 0.241 e. The predicted octanol–water partition coefficient (Wildman–Crippen LogP) is 3.51. The molecule has 0 aliphatic carbocycles. The Bertz CT molecular complexity index is 881. The van der Waals surface area contributed by atoms with Crippen LogP contribution in [0.3, 0.4) is 0 Å². The van der Waals surface area contributed by atoms with Crippen molar-refractivity contribution in [1.82, 2.24) is 4.72 Å². The molecule has 132 valence electrons. The largest absolute Gasteiger partial charge is 0.312 e. The van der Waals surface area contributed by atoms with E-state index in [1.165, 1.54) is 12.1 Å². The Labute approximate surface area is 152 Å². The van der Waals surface area contributed by atoms with Crippen LogP contribution in [-0.2, 0) is 14.8 Å². The third-order valence-electron chi connectivity index (χ3n) is 4.24. The van der Waals surface area contributed by atoms with Crippen molar-refractivity contribution >= 4 is 33.2 Å². The molecule has 0 spiro atoms. The van der Waals surface area contributed by atoms with Crippen molar-refractivity contribution in [3.63, 3.8) is 0 Å².